The molecule has 1 N–H and O–H groups in total. The summed E-state index contributed by atoms with van der Waals surface area (Å²) in [5, 5.41) is 3.42. The van der Waals surface area contributed by atoms with Gasteiger partial charge in [-0.1, -0.05) is 0 Å². The normalized spacial score (nSPS) is 10.9. The van der Waals surface area contributed by atoms with E-state index in [1.54, 1.807) is 0 Å². The molecule has 0 saturated heterocycles. The van der Waals surface area contributed by atoms with E-state index in [1.807, 2.05) is 32.9 Å². The number of rotatable bonds is 5. The number of hydrogen-bond acceptors (Lipinski definition) is 6. The molecule has 23 heavy (non-hydrogen) atoms. The van der Waals surface area contributed by atoms with Gasteiger partial charge >= 0.3 is 0 Å². The van der Waals surface area contributed by atoms with Crippen LogP contribution >= 0.6 is 0 Å². The first-order valence-corrected chi connectivity index (χ1v) is 7.20. The van der Waals surface area contributed by atoms with Crippen LogP contribution < -0.4 is 10.1 Å². The largest absolute Gasteiger partial charge is 0.467 e. The quantitative estimate of drug-likeness (QED) is 0.777. The molecule has 3 rings (SSSR count). The molecule has 0 aromatic carbocycles. The molecule has 7 nitrogen and oxygen atoms in total. The van der Waals surface area contributed by atoms with Gasteiger partial charge in [0.2, 0.25) is 11.6 Å². The minimum atomic E-state index is -0.260. The summed E-state index contributed by atoms with van der Waals surface area (Å²) in [5.74, 6) is 2.33. The van der Waals surface area contributed by atoms with Crippen LogP contribution in [0.25, 0.3) is 11.1 Å². The van der Waals surface area contributed by atoms with E-state index in [0.29, 0.717) is 29.3 Å². The van der Waals surface area contributed by atoms with Crippen LogP contribution in [0.1, 0.15) is 22.8 Å². The van der Waals surface area contributed by atoms with Crippen LogP contribution in [0.4, 0.5) is 0 Å². The zero-order chi connectivity index (χ0) is 16.4. The molecule has 0 radical (unpaired) electrons. The van der Waals surface area contributed by atoms with Gasteiger partial charge in [-0.15, -0.1) is 0 Å². The molecule has 0 spiro atoms. The Bertz CT molecular complexity index is 850. The van der Waals surface area contributed by atoms with Gasteiger partial charge in [-0.05, 0) is 32.9 Å². The lowest BCUT2D eigenvalue weighted by atomic mass is 10.2. The number of aryl methyl sites for hydroxylation is 3. The Morgan fingerprint density at radius 1 is 1.22 bits per heavy atom. The fraction of sp³-hybridized carbons (Fsp3) is 0.312. The first-order valence-electron chi connectivity index (χ1n) is 7.20. The lowest BCUT2D eigenvalue weighted by Gasteiger charge is -2.06. The zero-order valence-electron chi connectivity index (χ0n) is 13.2. The fourth-order valence-corrected chi connectivity index (χ4v) is 2.21. The Kier molecular flexibility index (Phi) is 4.01. The highest BCUT2D eigenvalue weighted by molar-refractivity contribution is 5.84. The number of fused-ring (bicyclic) bond motifs is 1. The Morgan fingerprint density at radius 3 is 2.78 bits per heavy atom. The SMILES string of the molecule is Cc1ccc(CNC(=O)COc2ncnc3oc(C)c(C)c23)o1. The number of carbonyl (C=O) groups excluding carboxylic acids is 1. The number of furan rings is 2. The summed E-state index contributed by atoms with van der Waals surface area (Å²) in [5.41, 5.74) is 1.36. The van der Waals surface area contributed by atoms with Crippen LogP contribution in [0.3, 0.4) is 0 Å². The minimum absolute atomic E-state index is 0.143. The highest BCUT2D eigenvalue weighted by Gasteiger charge is 2.15. The average Bonchev–Trinajstić information content (AvgIpc) is 3.07. The molecule has 3 heterocycles. The van der Waals surface area contributed by atoms with Gasteiger partial charge in [0, 0.05) is 5.56 Å². The number of hydrogen-bond donors (Lipinski definition) is 1. The van der Waals surface area contributed by atoms with Crippen molar-refractivity contribution in [1.29, 1.82) is 0 Å². The van der Waals surface area contributed by atoms with Crippen molar-refractivity contribution in [1.82, 2.24) is 15.3 Å². The minimum Gasteiger partial charge on any atom is -0.467 e. The van der Waals surface area contributed by atoms with E-state index in [-0.39, 0.29) is 12.5 Å². The third-order valence-corrected chi connectivity index (χ3v) is 3.53. The van der Waals surface area contributed by atoms with Gasteiger partial charge in [0.05, 0.1) is 6.54 Å². The summed E-state index contributed by atoms with van der Waals surface area (Å²) in [6, 6.07) is 3.67. The topological polar surface area (TPSA) is 90.4 Å². The van der Waals surface area contributed by atoms with Gasteiger partial charge in [-0.3, -0.25) is 4.79 Å². The molecule has 1 amide bonds. The van der Waals surface area contributed by atoms with E-state index >= 15 is 0 Å². The summed E-state index contributed by atoms with van der Waals surface area (Å²) in [7, 11) is 0. The first kappa shape index (κ1) is 15.1. The summed E-state index contributed by atoms with van der Waals surface area (Å²) < 4.78 is 16.4. The van der Waals surface area contributed by atoms with Crippen molar-refractivity contribution < 1.29 is 18.4 Å². The maximum absolute atomic E-state index is 11.9. The van der Waals surface area contributed by atoms with E-state index < -0.39 is 0 Å². The summed E-state index contributed by atoms with van der Waals surface area (Å²) >= 11 is 0. The molecule has 0 unspecified atom stereocenters. The van der Waals surface area contributed by atoms with E-state index in [0.717, 1.165) is 17.1 Å². The smallest absolute Gasteiger partial charge is 0.258 e. The van der Waals surface area contributed by atoms with Crippen LogP contribution in [0, 0.1) is 20.8 Å². The van der Waals surface area contributed by atoms with E-state index in [1.165, 1.54) is 6.33 Å². The van der Waals surface area contributed by atoms with Crippen LogP contribution in [0.2, 0.25) is 0 Å². The fourth-order valence-electron chi connectivity index (χ4n) is 2.21. The Labute approximate surface area is 132 Å². The molecule has 7 heteroatoms. The van der Waals surface area contributed by atoms with Gasteiger partial charge in [-0.25, -0.2) is 9.97 Å². The summed E-state index contributed by atoms with van der Waals surface area (Å²) in [4.78, 5) is 20.0. The predicted molar refractivity (Wildman–Crippen MR) is 82.1 cm³/mol. The third kappa shape index (κ3) is 3.18. The highest BCUT2D eigenvalue weighted by atomic mass is 16.5. The van der Waals surface area contributed by atoms with E-state index in [4.69, 9.17) is 13.6 Å². The molecule has 120 valence electrons. The van der Waals surface area contributed by atoms with Crippen molar-refractivity contribution in [2.75, 3.05) is 6.61 Å². The Morgan fingerprint density at radius 2 is 2.04 bits per heavy atom. The van der Waals surface area contributed by atoms with Crippen molar-refractivity contribution in [2.45, 2.75) is 27.3 Å². The predicted octanol–water partition coefficient (Wildman–Crippen LogP) is 2.44. The second-order valence-electron chi connectivity index (χ2n) is 5.22. The van der Waals surface area contributed by atoms with Crippen molar-refractivity contribution in [3.05, 3.63) is 41.3 Å². The van der Waals surface area contributed by atoms with E-state index in [9.17, 15) is 4.79 Å². The number of amides is 1. The monoisotopic (exact) mass is 315 g/mol. The molecular formula is C16H17N3O4. The summed E-state index contributed by atoms with van der Waals surface area (Å²) in [6.07, 6.45) is 1.35. The summed E-state index contributed by atoms with van der Waals surface area (Å²) in [6.45, 7) is 5.77. The number of nitrogens with zero attached hydrogens (tertiary/aromatic N) is 2. The lowest BCUT2D eigenvalue weighted by molar-refractivity contribution is -0.123. The molecule has 3 aromatic rings. The number of nitrogens with one attached hydrogen (secondary N) is 1. The second-order valence-corrected chi connectivity index (χ2v) is 5.22. The number of ether oxygens (including phenoxy) is 1. The second kappa shape index (κ2) is 6.12. The Hall–Kier alpha value is -2.83. The lowest BCUT2D eigenvalue weighted by Crippen LogP contribution is -2.28. The van der Waals surface area contributed by atoms with Crippen molar-refractivity contribution in [2.24, 2.45) is 0 Å². The van der Waals surface area contributed by atoms with Gasteiger partial charge < -0.3 is 18.9 Å². The molecule has 0 fully saturated rings. The number of carbonyl (C=O) groups is 1. The third-order valence-electron chi connectivity index (χ3n) is 3.53. The molecule has 0 atom stereocenters. The maximum atomic E-state index is 11.9. The van der Waals surface area contributed by atoms with Crippen molar-refractivity contribution >= 4 is 17.0 Å². The van der Waals surface area contributed by atoms with Crippen molar-refractivity contribution in [3.63, 3.8) is 0 Å². The maximum Gasteiger partial charge on any atom is 0.258 e. The number of aromatic nitrogens is 2. The molecule has 3 aromatic heterocycles. The molecule has 0 saturated carbocycles. The molecular weight excluding hydrogens is 298 g/mol. The molecule has 0 aliphatic carbocycles. The van der Waals surface area contributed by atoms with Crippen LogP contribution in [0.5, 0.6) is 5.88 Å². The van der Waals surface area contributed by atoms with Crippen molar-refractivity contribution in [3.8, 4) is 5.88 Å². The molecule has 0 bridgehead atoms. The van der Waals surface area contributed by atoms with Crippen LogP contribution in [0.15, 0.2) is 27.3 Å². The van der Waals surface area contributed by atoms with Crippen LogP contribution in [-0.2, 0) is 11.3 Å². The van der Waals surface area contributed by atoms with Gasteiger partial charge in [0.25, 0.3) is 5.91 Å². The Balaban J connectivity index is 1.63. The average molecular weight is 315 g/mol. The van der Waals surface area contributed by atoms with Gasteiger partial charge in [-0.2, -0.15) is 0 Å². The molecule has 0 aliphatic heterocycles. The molecule has 0 aliphatic rings. The van der Waals surface area contributed by atoms with E-state index in [2.05, 4.69) is 15.3 Å². The highest BCUT2D eigenvalue weighted by Crippen LogP contribution is 2.29. The standard InChI is InChI=1S/C16H17N3O4/c1-9-4-5-12(22-9)6-17-13(20)7-21-15-14-10(2)11(3)23-16(14)19-8-18-15/h4-5,8H,6-7H2,1-3H3,(H,17,20). The van der Waals surface area contributed by atoms with Gasteiger partial charge in [0.1, 0.15) is 29.0 Å². The van der Waals surface area contributed by atoms with Crippen LogP contribution in [-0.4, -0.2) is 22.5 Å². The van der Waals surface area contributed by atoms with Gasteiger partial charge in [0.15, 0.2) is 6.61 Å². The first-order chi connectivity index (χ1) is 11.0. The zero-order valence-corrected chi connectivity index (χ0v) is 13.2.